The minimum absolute atomic E-state index is 0. The maximum absolute atomic E-state index is 12.6. The van der Waals surface area contributed by atoms with Crippen molar-refractivity contribution >= 4 is 45.2 Å². The molecule has 124 valence electrons. The van der Waals surface area contributed by atoms with E-state index in [0.717, 1.165) is 33.8 Å². The van der Waals surface area contributed by atoms with Crippen LogP contribution < -0.4 is 10.6 Å². The van der Waals surface area contributed by atoms with Gasteiger partial charge in [0, 0.05) is 33.5 Å². The quantitative estimate of drug-likeness (QED) is 0.804. The molecule has 2 aliphatic rings. The number of amides is 1. The van der Waals surface area contributed by atoms with E-state index in [4.69, 9.17) is 4.42 Å². The molecule has 4 rings (SSSR count). The van der Waals surface area contributed by atoms with E-state index in [1.165, 1.54) is 12.8 Å². The van der Waals surface area contributed by atoms with E-state index in [1.807, 2.05) is 25.1 Å². The molecular formula is C17H20BrClN2O2. The van der Waals surface area contributed by atoms with Gasteiger partial charge in [-0.3, -0.25) is 4.79 Å². The molecule has 0 saturated carbocycles. The lowest BCUT2D eigenvalue weighted by molar-refractivity contribution is 0.0897. The second kappa shape index (κ2) is 6.46. The number of hydrogen-bond donors (Lipinski definition) is 2. The smallest absolute Gasteiger partial charge is 0.287 e. The monoisotopic (exact) mass is 398 g/mol. The third kappa shape index (κ3) is 3.14. The third-order valence-corrected chi connectivity index (χ3v) is 5.41. The van der Waals surface area contributed by atoms with Crippen molar-refractivity contribution in [3.05, 3.63) is 34.0 Å². The number of benzene rings is 1. The van der Waals surface area contributed by atoms with E-state index in [2.05, 4.69) is 26.6 Å². The number of hydrogen-bond acceptors (Lipinski definition) is 3. The molecule has 23 heavy (non-hydrogen) atoms. The van der Waals surface area contributed by atoms with Gasteiger partial charge >= 0.3 is 0 Å². The Morgan fingerprint density at radius 1 is 1.30 bits per heavy atom. The number of nitrogens with one attached hydrogen (secondary N) is 2. The summed E-state index contributed by atoms with van der Waals surface area (Å²) in [6, 6.07) is 7.21. The fourth-order valence-corrected chi connectivity index (χ4v) is 4.20. The summed E-state index contributed by atoms with van der Waals surface area (Å²) in [5.74, 6) is 0.357. The Labute approximate surface area is 149 Å². The number of fused-ring (bicyclic) bond motifs is 3. The average Bonchev–Trinajstić information content (AvgIpc) is 2.99. The molecule has 2 aromatic rings. The van der Waals surface area contributed by atoms with Gasteiger partial charge in [-0.2, -0.15) is 0 Å². The SMILES string of the molecule is Cc1c(C(=O)NC2CC3CCC(C2)N3)oc2ccc(Br)cc12.Cl. The normalized spacial score (nSPS) is 26.1. The van der Waals surface area contributed by atoms with Crippen LogP contribution in [0.25, 0.3) is 11.0 Å². The van der Waals surface area contributed by atoms with Gasteiger partial charge in [-0.1, -0.05) is 15.9 Å². The first kappa shape index (κ1) is 16.8. The maximum atomic E-state index is 12.6. The van der Waals surface area contributed by atoms with E-state index >= 15 is 0 Å². The number of aryl methyl sites for hydroxylation is 1. The first-order valence-electron chi connectivity index (χ1n) is 7.85. The van der Waals surface area contributed by atoms with E-state index in [1.54, 1.807) is 0 Å². The first-order valence-corrected chi connectivity index (χ1v) is 8.65. The zero-order chi connectivity index (χ0) is 15.3. The number of piperidine rings is 1. The predicted octanol–water partition coefficient (Wildman–Crippen LogP) is 3.94. The lowest BCUT2D eigenvalue weighted by atomic mass is 9.99. The van der Waals surface area contributed by atoms with Crippen molar-refractivity contribution in [2.45, 2.75) is 50.7 Å². The Morgan fingerprint density at radius 3 is 2.70 bits per heavy atom. The minimum Gasteiger partial charge on any atom is -0.451 e. The van der Waals surface area contributed by atoms with E-state index < -0.39 is 0 Å². The second-order valence-corrected chi connectivity index (χ2v) is 7.39. The Balaban J connectivity index is 0.00000156. The predicted molar refractivity (Wildman–Crippen MR) is 96.3 cm³/mol. The molecule has 0 spiro atoms. The third-order valence-electron chi connectivity index (χ3n) is 4.91. The van der Waals surface area contributed by atoms with Crippen molar-refractivity contribution < 1.29 is 9.21 Å². The first-order chi connectivity index (χ1) is 10.6. The molecule has 0 radical (unpaired) electrons. The molecule has 1 amide bonds. The van der Waals surface area contributed by atoms with Crippen molar-refractivity contribution in [1.29, 1.82) is 0 Å². The minimum atomic E-state index is -0.0869. The summed E-state index contributed by atoms with van der Waals surface area (Å²) in [6.07, 6.45) is 4.50. The molecule has 2 unspecified atom stereocenters. The van der Waals surface area contributed by atoms with E-state index in [-0.39, 0.29) is 24.4 Å². The molecule has 6 heteroatoms. The van der Waals surface area contributed by atoms with Gasteiger partial charge in [0.1, 0.15) is 5.58 Å². The Morgan fingerprint density at radius 2 is 2.00 bits per heavy atom. The molecule has 4 nitrogen and oxygen atoms in total. The number of halogens is 2. The number of furan rings is 1. The molecule has 2 bridgehead atoms. The molecule has 2 aliphatic heterocycles. The van der Waals surface area contributed by atoms with Crippen molar-refractivity contribution in [1.82, 2.24) is 10.6 Å². The summed E-state index contributed by atoms with van der Waals surface area (Å²) in [5.41, 5.74) is 1.67. The molecule has 3 heterocycles. The molecule has 2 fully saturated rings. The highest BCUT2D eigenvalue weighted by molar-refractivity contribution is 9.10. The largest absolute Gasteiger partial charge is 0.451 e. The van der Waals surface area contributed by atoms with Gasteiger partial charge in [0.2, 0.25) is 0 Å². The van der Waals surface area contributed by atoms with Crippen LogP contribution in [0.1, 0.15) is 41.8 Å². The Kier molecular flexibility index (Phi) is 4.72. The van der Waals surface area contributed by atoms with Gasteiger partial charge in [-0.05, 0) is 50.8 Å². The summed E-state index contributed by atoms with van der Waals surface area (Å²) in [7, 11) is 0. The van der Waals surface area contributed by atoms with Gasteiger partial charge in [0.15, 0.2) is 5.76 Å². The lowest BCUT2D eigenvalue weighted by Crippen LogP contribution is -2.48. The zero-order valence-corrected chi connectivity index (χ0v) is 15.3. The topological polar surface area (TPSA) is 54.3 Å². The molecule has 2 atom stereocenters. The molecule has 1 aromatic carbocycles. The van der Waals surface area contributed by atoms with Crippen LogP contribution in [-0.2, 0) is 0 Å². The Hall–Kier alpha value is -1.04. The van der Waals surface area contributed by atoms with Gasteiger partial charge in [-0.25, -0.2) is 0 Å². The molecule has 1 aromatic heterocycles. The summed E-state index contributed by atoms with van der Waals surface area (Å²) in [5, 5.41) is 7.75. The molecular weight excluding hydrogens is 380 g/mol. The van der Waals surface area contributed by atoms with Gasteiger partial charge in [0.05, 0.1) is 0 Å². The highest BCUT2D eigenvalue weighted by Crippen LogP contribution is 2.30. The fraction of sp³-hybridized carbons (Fsp3) is 0.471. The van der Waals surface area contributed by atoms with Crippen molar-refractivity contribution in [3.8, 4) is 0 Å². The summed E-state index contributed by atoms with van der Waals surface area (Å²) < 4.78 is 6.77. The van der Waals surface area contributed by atoms with Gasteiger partial charge in [0.25, 0.3) is 5.91 Å². The Bertz CT molecular complexity index is 734. The van der Waals surface area contributed by atoms with Crippen LogP contribution in [0.4, 0.5) is 0 Å². The summed E-state index contributed by atoms with van der Waals surface area (Å²) in [4.78, 5) is 12.6. The van der Waals surface area contributed by atoms with E-state index in [0.29, 0.717) is 17.8 Å². The molecule has 2 saturated heterocycles. The number of carbonyl (C=O) groups is 1. The zero-order valence-electron chi connectivity index (χ0n) is 12.9. The highest BCUT2D eigenvalue weighted by atomic mass is 79.9. The van der Waals surface area contributed by atoms with Crippen LogP contribution in [-0.4, -0.2) is 24.0 Å². The van der Waals surface area contributed by atoms with Crippen LogP contribution in [0.3, 0.4) is 0 Å². The molecule has 2 N–H and O–H groups in total. The van der Waals surface area contributed by atoms with Crippen LogP contribution in [0, 0.1) is 6.92 Å². The fourth-order valence-electron chi connectivity index (χ4n) is 3.84. The molecule has 0 aliphatic carbocycles. The summed E-state index contributed by atoms with van der Waals surface area (Å²) in [6.45, 7) is 1.94. The lowest BCUT2D eigenvalue weighted by Gasteiger charge is -2.29. The summed E-state index contributed by atoms with van der Waals surface area (Å²) >= 11 is 3.46. The second-order valence-electron chi connectivity index (χ2n) is 6.48. The number of carbonyl (C=O) groups excluding carboxylic acids is 1. The van der Waals surface area contributed by atoms with Crippen LogP contribution in [0.15, 0.2) is 27.1 Å². The standard InChI is InChI=1S/C17H19BrN2O2.ClH/c1-9-14-6-10(18)2-5-15(14)22-16(9)17(21)20-13-7-11-3-4-12(8-13)19-11;/h2,5-6,11-13,19H,3-4,7-8H2,1H3,(H,20,21);1H. The van der Waals surface area contributed by atoms with Crippen molar-refractivity contribution in [2.75, 3.05) is 0 Å². The van der Waals surface area contributed by atoms with Crippen LogP contribution in [0.2, 0.25) is 0 Å². The number of rotatable bonds is 2. The van der Waals surface area contributed by atoms with E-state index in [9.17, 15) is 4.79 Å². The highest BCUT2D eigenvalue weighted by Gasteiger charge is 2.34. The average molecular weight is 400 g/mol. The van der Waals surface area contributed by atoms with Gasteiger partial charge < -0.3 is 15.1 Å². The van der Waals surface area contributed by atoms with Crippen molar-refractivity contribution in [2.24, 2.45) is 0 Å². The van der Waals surface area contributed by atoms with Crippen LogP contribution >= 0.6 is 28.3 Å². The van der Waals surface area contributed by atoms with Crippen molar-refractivity contribution in [3.63, 3.8) is 0 Å². The van der Waals surface area contributed by atoms with Crippen LogP contribution in [0.5, 0.6) is 0 Å². The van der Waals surface area contributed by atoms with Gasteiger partial charge in [-0.15, -0.1) is 12.4 Å². The maximum Gasteiger partial charge on any atom is 0.287 e.